The van der Waals surface area contributed by atoms with Crippen LogP contribution in [0.1, 0.15) is 17.3 Å². The zero-order chi connectivity index (χ0) is 13.1. The van der Waals surface area contributed by atoms with Crippen molar-refractivity contribution in [2.24, 2.45) is 5.84 Å². The van der Waals surface area contributed by atoms with Crippen LogP contribution in [0.15, 0.2) is 36.8 Å². The summed E-state index contributed by atoms with van der Waals surface area (Å²) in [7, 11) is 0. The van der Waals surface area contributed by atoms with Gasteiger partial charge in [-0.2, -0.15) is 0 Å². The third-order valence-corrected chi connectivity index (χ3v) is 2.95. The highest BCUT2D eigenvalue weighted by atomic mass is 16.6. The standard InChI is InChI=1S/C13H14N4O2/c14-17-12(10-8-15-4-5-16-10)9-2-1-3-11-13(9)19-7-6-18-11/h1-5,8,12,17H,6-7,14H2. The molecule has 0 spiro atoms. The van der Waals surface area contributed by atoms with Gasteiger partial charge in [0.1, 0.15) is 13.2 Å². The highest BCUT2D eigenvalue weighted by Crippen LogP contribution is 2.38. The molecule has 0 saturated heterocycles. The molecule has 1 unspecified atom stereocenters. The van der Waals surface area contributed by atoms with Crippen LogP contribution in [-0.2, 0) is 0 Å². The second kappa shape index (κ2) is 5.21. The largest absolute Gasteiger partial charge is 0.486 e. The van der Waals surface area contributed by atoms with Crippen molar-refractivity contribution >= 4 is 0 Å². The molecule has 3 N–H and O–H groups in total. The van der Waals surface area contributed by atoms with E-state index in [-0.39, 0.29) is 6.04 Å². The fourth-order valence-electron chi connectivity index (χ4n) is 2.12. The molecule has 0 bridgehead atoms. The van der Waals surface area contributed by atoms with Crippen molar-refractivity contribution in [3.05, 3.63) is 48.0 Å². The third-order valence-electron chi connectivity index (χ3n) is 2.95. The number of aromatic nitrogens is 2. The number of fused-ring (bicyclic) bond motifs is 1. The molecule has 2 heterocycles. The number of ether oxygens (including phenoxy) is 2. The molecule has 0 fully saturated rings. The summed E-state index contributed by atoms with van der Waals surface area (Å²) in [4.78, 5) is 8.33. The Kier molecular flexibility index (Phi) is 3.26. The zero-order valence-corrected chi connectivity index (χ0v) is 10.2. The number of nitrogens with two attached hydrogens (primary N) is 1. The highest BCUT2D eigenvalue weighted by Gasteiger charge is 2.23. The number of para-hydroxylation sites is 1. The van der Waals surface area contributed by atoms with Gasteiger partial charge in [-0.25, -0.2) is 5.43 Å². The van der Waals surface area contributed by atoms with E-state index < -0.39 is 0 Å². The van der Waals surface area contributed by atoms with Crippen LogP contribution in [0.5, 0.6) is 11.5 Å². The number of nitrogens with one attached hydrogen (secondary N) is 1. The van der Waals surface area contributed by atoms with Crippen molar-refractivity contribution in [1.82, 2.24) is 15.4 Å². The van der Waals surface area contributed by atoms with Crippen LogP contribution in [-0.4, -0.2) is 23.2 Å². The fourth-order valence-corrected chi connectivity index (χ4v) is 2.12. The second-order valence-corrected chi connectivity index (χ2v) is 4.10. The Morgan fingerprint density at radius 3 is 2.89 bits per heavy atom. The Labute approximate surface area is 110 Å². The van der Waals surface area contributed by atoms with E-state index in [1.165, 1.54) is 0 Å². The minimum atomic E-state index is -0.287. The van der Waals surface area contributed by atoms with Crippen molar-refractivity contribution in [2.45, 2.75) is 6.04 Å². The van der Waals surface area contributed by atoms with E-state index in [2.05, 4.69) is 15.4 Å². The number of nitrogens with zero attached hydrogens (tertiary/aromatic N) is 2. The summed E-state index contributed by atoms with van der Waals surface area (Å²) < 4.78 is 11.3. The molecule has 98 valence electrons. The van der Waals surface area contributed by atoms with E-state index in [1.807, 2.05) is 18.2 Å². The molecule has 6 heteroatoms. The monoisotopic (exact) mass is 258 g/mol. The summed E-state index contributed by atoms with van der Waals surface area (Å²) >= 11 is 0. The molecule has 0 amide bonds. The molecule has 1 aliphatic rings. The van der Waals surface area contributed by atoms with Crippen molar-refractivity contribution in [1.29, 1.82) is 0 Å². The SMILES string of the molecule is NNC(c1cnccn1)c1cccc2c1OCCO2. The molecule has 0 aliphatic carbocycles. The number of hydrogen-bond donors (Lipinski definition) is 2. The van der Waals surface area contributed by atoms with E-state index in [1.54, 1.807) is 18.6 Å². The molecule has 0 saturated carbocycles. The third kappa shape index (κ3) is 2.23. The topological polar surface area (TPSA) is 82.3 Å². The van der Waals surface area contributed by atoms with Gasteiger partial charge in [0.05, 0.1) is 17.9 Å². The first-order valence-electron chi connectivity index (χ1n) is 6.00. The van der Waals surface area contributed by atoms with Gasteiger partial charge < -0.3 is 9.47 Å². The summed E-state index contributed by atoms with van der Waals surface area (Å²) in [5, 5.41) is 0. The molecular weight excluding hydrogens is 244 g/mol. The summed E-state index contributed by atoms with van der Waals surface area (Å²) in [6, 6.07) is 5.43. The van der Waals surface area contributed by atoms with Crippen LogP contribution in [0.3, 0.4) is 0 Å². The molecule has 1 aliphatic heterocycles. The Morgan fingerprint density at radius 1 is 1.21 bits per heavy atom. The number of hydrogen-bond acceptors (Lipinski definition) is 6. The van der Waals surface area contributed by atoms with E-state index in [0.29, 0.717) is 19.0 Å². The number of rotatable bonds is 3. The Bertz CT molecular complexity index is 562. The van der Waals surface area contributed by atoms with Crippen molar-refractivity contribution < 1.29 is 9.47 Å². The Morgan fingerprint density at radius 2 is 2.11 bits per heavy atom. The lowest BCUT2D eigenvalue weighted by Crippen LogP contribution is -2.30. The minimum absolute atomic E-state index is 0.287. The molecule has 0 radical (unpaired) electrons. The quantitative estimate of drug-likeness (QED) is 0.626. The lowest BCUT2D eigenvalue weighted by atomic mass is 10.0. The van der Waals surface area contributed by atoms with Crippen molar-refractivity contribution in [3.8, 4) is 11.5 Å². The van der Waals surface area contributed by atoms with E-state index in [9.17, 15) is 0 Å². The number of hydrazine groups is 1. The molecule has 19 heavy (non-hydrogen) atoms. The molecule has 3 rings (SSSR count). The van der Waals surface area contributed by atoms with Crippen molar-refractivity contribution in [2.75, 3.05) is 13.2 Å². The fraction of sp³-hybridized carbons (Fsp3) is 0.231. The Balaban J connectivity index is 2.05. The first-order valence-corrected chi connectivity index (χ1v) is 6.00. The molecule has 2 aromatic rings. The maximum Gasteiger partial charge on any atom is 0.166 e. The van der Waals surface area contributed by atoms with Gasteiger partial charge in [-0.3, -0.25) is 15.8 Å². The van der Waals surface area contributed by atoms with E-state index >= 15 is 0 Å². The van der Waals surface area contributed by atoms with Crippen LogP contribution in [0.4, 0.5) is 0 Å². The van der Waals surface area contributed by atoms with Crippen LogP contribution in [0, 0.1) is 0 Å². The molecule has 1 atom stereocenters. The first kappa shape index (κ1) is 11.9. The summed E-state index contributed by atoms with van der Waals surface area (Å²) in [5.41, 5.74) is 4.37. The lowest BCUT2D eigenvalue weighted by molar-refractivity contribution is 0.169. The summed E-state index contributed by atoms with van der Waals surface area (Å²) in [5.74, 6) is 7.10. The average molecular weight is 258 g/mol. The van der Waals surface area contributed by atoms with Crippen LogP contribution >= 0.6 is 0 Å². The van der Waals surface area contributed by atoms with Gasteiger partial charge in [0.2, 0.25) is 0 Å². The van der Waals surface area contributed by atoms with Gasteiger partial charge in [-0.15, -0.1) is 0 Å². The van der Waals surface area contributed by atoms with E-state index in [4.69, 9.17) is 15.3 Å². The highest BCUT2D eigenvalue weighted by molar-refractivity contribution is 5.50. The summed E-state index contributed by atoms with van der Waals surface area (Å²) in [6.45, 7) is 1.09. The van der Waals surface area contributed by atoms with Gasteiger partial charge in [-0.05, 0) is 6.07 Å². The molecular formula is C13H14N4O2. The maximum absolute atomic E-state index is 5.69. The summed E-state index contributed by atoms with van der Waals surface area (Å²) in [6.07, 6.45) is 4.93. The van der Waals surface area contributed by atoms with Crippen LogP contribution < -0.4 is 20.7 Å². The van der Waals surface area contributed by atoms with Gasteiger partial charge in [-0.1, -0.05) is 12.1 Å². The smallest absolute Gasteiger partial charge is 0.166 e. The van der Waals surface area contributed by atoms with Crippen LogP contribution in [0.2, 0.25) is 0 Å². The molecule has 1 aromatic carbocycles. The van der Waals surface area contributed by atoms with Gasteiger partial charge >= 0.3 is 0 Å². The Hall–Kier alpha value is -2.18. The normalized spacial score (nSPS) is 15.0. The van der Waals surface area contributed by atoms with Gasteiger partial charge in [0.15, 0.2) is 11.5 Å². The first-order chi connectivity index (χ1) is 9.40. The molecule has 1 aromatic heterocycles. The van der Waals surface area contributed by atoms with Gasteiger partial charge in [0.25, 0.3) is 0 Å². The van der Waals surface area contributed by atoms with Gasteiger partial charge in [0, 0.05) is 18.0 Å². The van der Waals surface area contributed by atoms with E-state index in [0.717, 1.165) is 17.0 Å². The maximum atomic E-state index is 5.69. The molecule has 6 nitrogen and oxygen atoms in total. The van der Waals surface area contributed by atoms with Crippen LogP contribution in [0.25, 0.3) is 0 Å². The predicted molar refractivity (Wildman–Crippen MR) is 68.6 cm³/mol. The number of benzene rings is 1. The minimum Gasteiger partial charge on any atom is -0.486 e. The van der Waals surface area contributed by atoms with Crippen molar-refractivity contribution in [3.63, 3.8) is 0 Å². The predicted octanol–water partition coefficient (Wildman–Crippen LogP) is 0.800. The second-order valence-electron chi connectivity index (χ2n) is 4.10. The average Bonchev–Trinajstić information content (AvgIpc) is 2.49. The zero-order valence-electron chi connectivity index (χ0n) is 10.2. The lowest BCUT2D eigenvalue weighted by Gasteiger charge is -2.24.